The molecule has 0 saturated heterocycles. The highest BCUT2D eigenvalue weighted by Crippen LogP contribution is 2.23. The van der Waals surface area contributed by atoms with Crippen LogP contribution in [0.3, 0.4) is 0 Å². The summed E-state index contributed by atoms with van der Waals surface area (Å²) in [6.45, 7) is 2.86. The molecule has 21 heavy (non-hydrogen) atoms. The van der Waals surface area contributed by atoms with Crippen LogP contribution in [0.25, 0.3) is 0 Å². The lowest BCUT2D eigenvalue weighted by molar-refractivity contribution is 0.199. The van der Waals surface area contributed by atoms with Gasteiger partial charge in [0, 0.05) is 37.0 Å². The highest BCUT2D eigenvalue weighted by Gasteiger charge is 2.08. The van der Waals surface area contributed by atoms with Crippen LogP contribution in [0.1, 0.15) is 11.3 Å². The molecule has 0 unspecified atom stereocenters. The highest BCUT2D eigenvalue weighted by atomic mass is 35.5. The topological polar surface area (TPSA) is 48.3 Å². The summed E-state index contributed by atoms with van der Waals surface area (Å²) in [7, 11) is 3.35. The molecule has 1 heterocycles. The number of hydrogen-bond donors (Lipinski definition) is 1. The first-order valence-electron chi connectivity index (χ1n) is 6.77. The number of nitrogens with zero attached hydrogens (tertiary/aromatic N) is 2. The maximum absolute atomic E-state index is 6.06. The summed E-state index contributed by atoms with van der Waals surface area (Å²) in [6.07, 6.45) is 1.80. The molecule has 0 atom stereocenters. The molecule has 1 aromatic carbocycles. The zero-order valence-electron chi connectivity index (χ0n) is 12.3. The third-order valence-electron chi connectivity index (χ3n) is 3.16. The lowest BCUT2D eigenvalue weighted by Crippen LogP contribution is -2.21. The number of rotatable bonds is 8. The van der Waals surface area contributed by atoms with Gasteiger partial charge in [0.15, 0.2) is 0 Å². The molecule has 0 aliphatic heterocycles. The minimum Gasteiger partial charge on any atom is -0.496 e. The molecule has 0 bridgehead atoms. The Morgan fingerprint density at radius 1 is 1.29 bits per heavy atom. The van der Waals surface area contributed by atoms with Crippen LogP contribution in [0.4, 0.5) is 0 Å². The van der Waals surface area contributed by atoms with Crippen LogP contribution < -0.4 is 10.1 Å². The second kappa shape index (κ2) is 8.02. The van der Waals surface area contributed by atoms with E-state index in [0.717, 1.165) is 30.1 Å². The van der Waals surface area contributed by atoms with Crippen LogP contribution >= 0.6 is 11.6 Å². The van der Waals surface area contributed by atoms with Gasteiger partial charge in [0.1, 0.15) is 5.75 Å². The van der Waals surface area contributed by atoms with Crippen LogP contribution in [0.2, 0.25) is 5.02 Å². The molecule has 114 valence electrons. The van der Waals surface area contributed by atoms with Crippen molar-refractivity contribution in [3.8, 4) is 5.75 Å². The summed E-state index contributed by atoms with van der Waals surface area (Å²) in [5, 5.41) is 8.37. The van der Waals surface area contributed by atoms with Crippen LogP contribution in [0.15, 0.2) is 30.5 Å². The van der Waals surface area contributed by atoms with Crippen molar-refractivity contribution in [2.75, 3.05) is 27.4 Å². The van der Waals surface area contributed by atoms with Gasteiger partial charge < -0.3 is 14.8 Å². The SMILES string of the molecule is COCCNCc1ccnn1Cc1cc(Cl)ccc1OC. The lowest BCUT2D eigenvalue weighted by atomic mass is 10.2. The van der Waals surface area contributed by atoms with Crippen molar-refractivity contribution < 1.29 is 9.47 Å². The largest absolute Gasteiger partial charge is 0.496 e. The van der Waals surface area contributed by atoms with Gasteiger partial charge in [-0.15, -0.1) is 0 Å². The zero-order chi connectivity index (χ0) is 15.1. The third-order valence-corrected chi connectivity index (χ3v) is 3.39. The highest BCUT2D eigenvalue weighted by molar-refractivity contribution is 6.30. The van der Waals surface area contributed by atoms with Gasteiger partial charge in [-0.25, -0.2) is 0 Å². The minimum atomic E-state index is 0.623. The predicted octanol–water partition coefficient (Wildman–Crippen LogP) is 2.33. The van der Waals surface area contributed by atoms with E-state index in [1.54, 1.807) is 20.4 Å². The number of methoxy groups -OCH3 is 2. The van der Waals surface area contributed by atoms with Gasteiger partial charge in [0.2, 0.25) is 0 Å². The van der Waals surface area contributed by atoms with Gasteiger partial charge in [0.25, 0.3) is 0 Å². The molecule has 2 aromatic rings. The van der Waals surface area contributed by atoms with Crippen molar-refractivity contribution in [1.82, 2.24) is 15.1 Å². The number of nitrogens with one attached hydrogen (secondary N) is 1. The fraction of sp³-hybridized carbons (Fsp3) is 0.400. The second-order valence-electron chi connectivity index (χ2n) is 4.61. The van der Waals surface area contributed by atoms with Gasteiger partial charge in [-0.3, -0.25) is 4.68 Å². The quantitative estimate of drug-likeness (QED) is 0.760. The maximum Gasteiger partial charge on any atom is 0.124 e. The lowest BCUT2D eigenvalue weighted by Gasteiger charge is -2.12. The van der Waals surface area contributed by atoms with Gasteiger partial charge in [-0.2, -0.15) is 5.10 Å². The minimum absolute atomic E-state index is 0.623. The molecular weight excluding hydrogens is 290 g/mol. The van der Waals surface area contributed by atoms with E-state index >= 15 is 0 Å². The summed E-state index contributed by atoms with van der Waals surface area (Å²) in [6, 6.07) is 7.60. The van der Waals surface area contributed by atoms with Crippen molar-refractivity contribution in [2.24, 2.45) is 0 Å². The monoisotopic (exact) mass is 309 g/mol. The Morgan fingerprint density at radius 2 is 2.14 bits per heavy atom. The van der Waals surface area contributed by atoms with Gasteiger partial charge in [0.05, 0.1) is 26.0 Å². The Kier molecular flexibility index (Phi) is 6.04. The molecule has 0 amide bonds. The van der Waals surface area contributed by atoms with Crippen LogP contribution in [-0.4, -0.2) is 37.2 Å². The van der Waals surface area contributed by atoms with Crippen molar-refractivity contribution >= 4 is 11.6 Å². The summed E-state index contributed by atoms with van der Waals surface area (Å²) in [5.41, 5.74) is 2.11. The van der Waals surface area contributed by atoms with Crippen LogP contribution in [0.5, 0.6) is 5.75 Å². The molecule has 6 heteroatoms. The molecule has 0 saturated carbocycles. The van der Waals surface area contributed by atoms with Crippen molar-refractivity contribution in [1.29, 1.82) is 0 Å². The average Bonchev–Trinajstić information content (AvgIpc) is 2.91. The molecule has 2 rings (SSSR count). The van der Waals surface area contributed by atoms with E-state index in [4.69, 9.17) is 21.1 Å². The third kappa shape index (κ3) is 4.46. The smallest absolute Gasteiger partial charge is 0.124 e. The number of hydrogen-bond acceptors (Lipinski definition) is 4. The predicted molar refractivity (Wildman–Crippen MR) is 82.9 cm³/mol. The van der Waals surface area contributed by atoms with Crippen molar-refractivity contribution in [2.45, 2.75) is 13.1 Å². The zero-order valence-corrected chi connectivity index (χ0v) is 13.1. The Balaban J connectivity index is 2.06. The van der Waals surface area contributed by atoms with Crippen molar-refractivity contribution in [3.05, 3.63) is 46.7 Å². The van der Waals surface area contributed by atoms with Crippen LogP contribution in [0, 0.1) is 0 Å². The van der Waals surface area contributed by atoms with E-state index < -0.39 is 0 Å². The molecule has 0 spiro atoms. The Bertz CT molecular complexity index is 572. The number of halogens is 1. The first-order chi connectivity index (χ1) is 10.2. The molecule has 0 aliphatic rings. The number of aromatic nitrogens is 2. The first-order valence-corrected chi connectivity index (χ1v) is 7.15. The summed E-state index contributed by atoms with van der Waals surface area (Å²) < 4.78 is 12.3. The van der Waals surface area contributed by atoms with E-state index in [0.29, 0.717) is 18.2 Å². The van der Waals surface area contributed by atoms with E-state index in [-0.39, 0.29) is 0 Å². The van der Waals surface area contributed by atoms with E-state index in [9.17, 15) is 0 Å². The Morgan fingerprint density at radius 3 is 2.90 bits per heavy atom. The standard InChI is InChI=1S/C15H20ClN3O2/c1-20-8-7-17-10-14-5-6-18-19(14)11-12-9-13(16)3-4-15(12)21-2/h3-6,9,17H,7-8,10-11H2,1-2H3. The molecule has 0 aliphatic carbocycles. The average molecular weight is 310 g/mol. The number of benzene rings is 1. The Hall–Kier alpha value is -1.56. The summed E-state index contributed by atoms with van der Waals surface area (Å²) >= 11 is 6.06. The Labute approximate surface area is 129 Å². The van der Waals surface area contributed by atoms with Gasteiger partial charge in [-0.1, -0.05) is 11.6 Å². The normalized spacial score (nSPS) is 10.8. The number of ether oxygens (including phenoxy) is 2. The summed E-state index contributed by atoms with van der Waals surface area (Å²) in [4.78, 5) is 0. The molecule has 5 nitrogen and oxygen atoms in total. The van der Waals surface area contributed by atoms with E-state index in [2.05, 4.69) is 10.4 Å². The molecule has 0 fully saturated rings. The maximum atomic E-state index is 6.06. The van der Waals surface area contributed by atoms with Crippen LogP contribution in [-0.2, 0) is 17.8 Å². The van der Waals surface area contributed by atoms with Gasteiger partial charge >= 0.3 is 0 Å². The van der Waals surface area contributed by atoms with E-state index in [1.807, 2.05) is 28.9 Å². The van der Waals surface area contributed by atoms with E-state index in [1.165, 1.54) is 0 Å². The molecular formula is C15H20ClN3O2. The molecule has 0 radical (unpaired) electrons. The van der Waals surface area contributed by atoms with Crippen molar-refractivity contribution in [3.63, 3.8) is 0 Å². The van der Waals surface area contributed by atoms with Gasteiger partial charge in [-0.05, 0) is 24.3 Å². The summed E-state index contributed by atoms with van der Waals surface area (Å²) in [5.74, 6) is 0.813. The first kappa shape index (κ1) is 15.8. The fourth-order valence-corrected chi connectivity index (χ4v) is 2.27. The second-order valence-corrected chi connectivity index (χ2v) is 5.04. The fourth-order valence-electron chi connectivity index (χ4n) is 2.08. The molecule has 1 N–H and O–H groups in total. The molecule has 1 aromatic heterocycles.